The predicted octanol–water partition coefficient (Wildman–Crippen LogP) is 3.00. The lowest BCUT2D eigenvalue weighted by Crippen LogP contribution is -2.07. The van der Waals surface area contributed by atoms with Crippen molar-refractivity contribution < 1.29 is 0 Å². The van der Waals surface area contributed by atoms with Crippen molar-refractivity contribution in [1.29, 1.82) is 0 Å². The summed E-state index contributed by atoms with van der Waals surface area (Å²) in [5.41, 5.74) is 4.66. The van der Waals surface area contributed by atoms with Gasteiger partial charge in [0, 0.05) is 18.9 Å². The summed E-state index contributed by atoms with van der Waals surface area (Å²) in [4.78, 5) is 4.40. The summed E-state index contributed by atoms with van der Waals surface area (Å²) in [6.45, 7) is 4.97. The van der Waals surface area contributed by atoms with Crippen molar-refractivity contribution >= 4 is 11.3 Å². The molecule has 102 valence electrons. The van der Waals surface area contributed by atoms with Gasteiger partial charge < -0.3 is 5.32 Å². The van der Waals surface area contributed by atoms with E-state index in [4.69, 9.17) is 0 Å². The van der Waals surface area contributed by atoms with Gasteiger partial charge >= 0.3 is 0 Å². The molecule has 0 bridgehead atoms. The molecule has 0 fully saturated rings. The largest absolute Gasteiger partial charge is 0.368 e. The van der Waals surface area contributed by atoms with E-state index in [-0.39, 0.29) is 0 Å². The Balaban J connectivity index is 1.71. The van der Waals surface area contributed by atoms with E-state index < -0.39 is 0 Å². The fourth-order valence-electron chi connectivity index (χ4n) is 2.37. The van der Waals surface area contributed by atoms with Gasteiger partial charge in [-0.05, 0) is 31.9 Å². The van der Waals surface area contributed by atoms with Crippen LogP contribution < -0.4 is 5.32 Å². The van der Waals surface area contributed by atoms with E-state index in [0.717, 1.165) is 30.0 Å². The molecule has 0 aliphatic carbocycles. The van der Waals surface area contributed by atoms with Crippen molar-refractivity contribution in [2.45, 2.75) is 20.3 Å². The molecule has 0 radical (unpaired) electrons. The third kappa shape index (κ3) is 2.64. The topological polar surface area (TPSA) is 42.2 Å². The second-order valence-electron chi connectivity index (χ2n) is 5.06. The van der Waals surface area contributed by atoms with Crippen molar-refractivity contribution in [3.8, 4) is 0 Å². The fourth-order valence-corrected chi connectivity index (χ4v) is 2.37. The maximum Gasteiger partial charge on any atom is 0.152 e. The molecule has 20 heavy (non-hydrogen) atoms. The molecule has 3 rings (SSSR count). The molecule has 3 aromatic rings. The Morgan fingerprint density at radius 1 is 1.20 bits per heavy atom. The number of anilines is 1. The Kier molecular flexibility index (Phi) is 3.37. The highest BCUT2D eigenvalue weighted by atomic mass is 15.2. The maximum atomic E-state index is 4.40. The molecule has 0 atom stereocenters. The number of aromatic nitrogens is 3. The number of hydrogen-bond acceptors (Lipinski definition) is 3. The number of fused-ring (bicyclic) bond motifs is 1. The van der Waals surface area contributed by atoms with Gasteiger partial charge in [0.15, 0.2) is 5.82 Å². The van der Waals surface area contributed by atoms with Crippen LogP contribution in [0.1, 0.15) is 16.8 Å². The minimum atomic E-state index is 0.861. The summed E-state index contributed by atoms with van der Waals surface area (Å²) in [6, 6.07) is 10.6. The molecule has 0 spiro atoms. The second kappa shape index (κ2) is 5.33. The summed E-state index contributed by atoms with van der Waals surface area (Å²) in [6.07, 6.45) is 4.63. The number of nitrogens with one attached hydrogen (secondary N) is 1. The lowest BCUT2D eigenvalue weighted by molar-refractivity contribution is 0.917. The first-order valence-corrected chi connectivity index (χ1v) is 6.83. The van der Waals surface area contributed by atoms with Crippen molar-refractivity contribution in [3.05, 3.63) is 59.5 Å². The second-order valence-corrected chi connectivity index (χ2v) is 5.06. The van der Waals surface area contributed by atoms with Crippen LogP contribution in [-0.4, -0.2) is 21.1 Å². The van der Waals surface area contributed by atoms with Crippen LogP contribution in [0.15, 0.2) is 42.7 Å². The van der Waals surface area contributed by atoms with E-state index in [9.17, 15) is 0 Å². The summed E-state index contributed by atoms with van der Waals surface area (Å²) < 4.78 is 1.86. The molecule has 2 heterocycles. The van der Waals surface area contributed by atoms with Gasteiger partial charge in [-0.1, -0.05) is 29.8 Å². The first-order valence-electron chi connectivity index (χ1n) is 6.83. The van der Waals surface area contributed by atoms with Crippen LogP contribution in [0.4, 0.5) is 5.82 Å². The molecule has 1 N–H and O–H groups in total. The zero-order valence-electron chi connectivity index (χ0n) is 11.8. The monoisotopic (exact) mass is 266 g/mol. The average Bonchev–Trinajstić information content (AvgIpc) is 2.80. The van der Waals surface area contributed by atoms with E-state index >= 15 is 0 Å². The number of nitrogens with zero attached hydrogens (tertiary/aromatic N) is 3. The third-order valence-corrected chi connectivity index (χ3v) is 3.30. The average molecular weight is 266 g/mol. The van der Waals surface area contributed by atoms with Crippen LogP contribution in [0.2, 0.25) is 0 Å². The predicted molar refractivity (Wildman–Crippen MR) is 81.1 cm³/mol. The van der Waals surface area contributed by atoms with Crippen LogP contribution in [-0.2, 0) is 6.42 Å². The highest BCUT2D eigenvalue weighted by Crippen LogP contribution is 2.14. The summed E-state index contributed by atoms with van der Waals surface area (Å²) in [5.74, 6) is 0.890. The van der Waals surface area contributed by atoms with Crippen LogP contribution >= 0.6 is 0 Å². The lowest BCUT2D eigenvalue weighted by Gasteiger charge is -2.07. The van der Waals surface area contributed by atoms with Gasteiger partial charge in [-0.2, -0.15) is 5.10 Å². The first-order chi connectivity index (χ1) is 9.72. The van der Waals surface area contributed by atoms with Gasteiger partial charge in [0.25, 0.3) is 0 Å². The Hall–Kier alpha value is -2.36. The van der Waals surface area contributed by atoms with Crippen molar-refractivity contribution in [1.82, 2.24) is 14.6 Å². The fraction of sp³-hybridized carbons (Fsp3) is 0.250. The Morgan fingerprint density at radius 2 is 2.10 bits per heavy atom. The van der Waals surface area contributed by atoms with E-state index in [1.54, 1.807) is 6.20 Å². The molecule has 4 heteroatoms. The minimum Gasteiger partial charge on any atom is -0.368 e. The van der Waals surface area contributed by atoms with Crippen LogP contribution in [0.3, 0.4) is 0 Å². The molecular formula is C16H18N4. The normalized spacial score (nSPS) is 10.9. The van der Waals surface area contributed by atoms with Gasteiger partial charge in [0.05, 0.1) is 5.69 Å². The molecule has 2 aromatic heterocycles. The molecule has 0 saturated heterocycles. The smallest absolute Gasteiger partial charge is 0.152 e. The van der Waals surface area contributed by atoms with Crippen LogP contribution in [0, 0.1) is 13.8 Å². The van der Waals surface area contributed by atoms with Gasteiger partial charge in [-0.25, -0.2) is 9.50 Å². The van der Waals surface area contributed by atoms with Crippen LogP contribution in [0.5, 0.6) is 0 Å². The molecule has 0 aliphatic heterocycles. The van der Waals surface area contributed by atoms with Gasteiger partial charge in [-0.3, -0.25) is 0 Å². The van der Waals surface area contributed by atoms with Gasteiger partial charge in [0.2, 0.25) is 0 Å². The number of hydrogen-bond donors (Lipinski definition) is 1. The standard InChI is InChI=1S/C16H18N4/c1-12-4-3-5-14(10-12)6-7-17-16-15-11-13(2)19-20(15)9-8-18-16/h3-5,8-11H,6-7H2,1-2H3,(H,17,18). The molecule has 4 nitrogen and oxygen atoms in total. The van der Waals surface area contributed by atoms with E-state index in [0.29, 0.717) is 0 Å². The highest BCUT2D eigenvalue weighted by molar-refractivity contribution is 5.67. The SMILES string of the molecule is Cc1cccc(CCNc2nccn3nc(C)cc23)c1. The summed E-state index contributed by atoms with van der Waals surface area (Å²) in [7, 11) is 0. The van der Waals surface area contributed by atoms with Crippen molar-refractivity contribution in [2.24, 2.45) is 0 Å². The number of aryl methyl sites for hydroxylation is 2. The number of rotatable bonds is 4. The van der Waals surface area contributed by atoms with Crippen LogP contribution in [0.25, 0.3) is 5.52 Å². The van der Waals surface area contributed by atoms with E-state index in [2.05, 4.69) is 46.6 Å². The Labute approximate surface area is 118 Å². The van der Waals surface area contributed by atoms with Crippen molar-refractivity contribution in [3.63, 3.8) is 0 Å². The molecule has 0 amide bonds. The lowest BCUT2D eigenvalue weighted by atomic mass is 10.1. The zero-order valence-corrected chi connectivity index (χ0v) is 11.8. The molecule has 0 unspecified atom stereocenters. The molecule has 0 saturated carbocycles. The first kappa shape index (κ1) is 12.7. The highest BCUT2D eigenvalue weighted by Gasteiger charge is 2.04. The summed E-state index contributed by atoms with van der Waals surface area (Å²) >= 11 is 0. The third-order valence-electron chi connectivity index (χ3n) is 3.30. The molecule has 1 aromatic carbocycles. The van der Waals surface area contributed by atoms with E-state index in [1.807, 2.05) is 23.7 Å². The van der Waals surface area contributed by atoms with Crippen molar-refractivity contribution in [2.75, 3.05) is 11.9 Å². The zero-order chi connectivity index (χ0) is 13.9. The Morgan fingerprint density at radius 3 is 2.95 bits per heavy atom. The Bertz CT molecular complexity index is 730. The van der Waals surface area contributed by atoms with Gasteiger partial charge in [0.1, 0.15) is 5.52 Å². The minimum absolute atomic E-state index is 0.861. The molecular weight excluding hydrogens is 248 g/mol. The quantitative estimate of drug-likeness (QED) is 0.789. The molecule has 0 aliphatic rings. The summed E-state index contributed by atoms with van der Waals surface area (Å²) in [5, 5.41) is 7.79. The van der Waals surface area contributed by atoms with Gasteiger partial charge in [-0.15, -0.1) is 0 Å². The maximum absolute atomic E-state index is 4.40. The van der Waals surface area contributed by atoms with E-state index in [1.165, 1.54) is 11.1 Å². The number of benzene rings is 1.